The highest BCUT2D eigenvalue weighted by Crippen LogP contribution is 2.42. The van der Waals surface area contributed by atoms with Crippen molar-refractivity contribution < 1.29 is 0 Å². The fourth-order valence-corrected chi connectivity index (χ4v) is 8.16. The van der Waals surface area contributed by atoms with Crippen LogP contribution >= 0.6 is 11.3 Å². The summed E-state index contributed by atoms with van der Waals surface area (Å²) < 4.78 is 2.28. The van der Waals surface area contributed by atoms with Crippen LogP contribution in [0.1, 0.15) is 16.8 Å². The van der Waals surface area contributed by atoms with Crippen molar-refractivity contribution in [2.45, 2.75) is 0 Å². The van der Waals surface area contributed by atoms with Gasteiger partial charge in [0.05, 0.1) is 27.3 Å². The molecule has 242 valence electrons. The number of hydrogen-bond donors (Lipinski definition) is 1. The van der Waals surface area contributed by atoms with E-state index in [2.05, 4.69) is 146 Å². The van der Waals surface area contributed by atoms with E-state index >= 15 is 0 Å². The third-order valence-corrected chi connectivity index (χ3v) is 10.7. The van der Waals surface area contributed by atoms with Gasteiger partial charge < -0.3 is 5.32 Å². The molecule has 8 aromatic rings. The number of benzene rings is 5. The topological polar surface area (TPSA) is 50.7 Å². The summed E-state index contributed by atoms with van der Waals surface area (Å²) in [5, 5.41) is 6.83. The molecule has 0 atom stereocenters. The monoisotopic (exact) mass is 672 g/mol. The number of aromatic nitrogens is 3. The van der Waals surface area contributed by atoms with Gasteiger partial charge in [0.1, 0.15) is 0 Å². The molecule has 1 aliphatic heterocycles. The largest absolute Gasteiger partial charge is 0.380 e. The maximum Gasteiger partial charge on any atom is 0.160 e. The van der Waals surface area contributed by atoms with E-state index in [9.17, 15) is 0 Å². The second-order valence-corrected chi connectivity index (χ2v) is 13.6. The Balaban J connectivity index is 1.31. The predicted octanol–water partition coefficient (Wildman–Crippen LogP) is 11.8. The van der Waals surface area contributed by atoms with Crippen molar-refractivity contribution in [2.75, 3.05) is 6.54 Å². The minimum Gasteiger partial charge on any atom is -0.380 e. The zero-order chi connectivity index (χ0) is 34.3. The van der Waals surface area contributed by atoms with Gasteiger partial charge >= 0.3 is 0 Å². The lowest BCUT2D eigenvalue weighted by molar-refractivity contribution is 0.981. The Morgan fingerprint density at radius 2 is 1.43 bits per heavy atom. The summed E-state index contributed by atoms with van der Waals surface area (Å²) in [5.41, 5.74) is 12.1. The van der Waals surface area contributed by atoms with Crippen LogP contribution in [-0.4, -0.2) is 21.5 Å². The van der Waals surface area contributed by atoms with Gasteiger partial charge in [-0.3, -0.25) is 4.98 Å². The molecule has 0 fully saturated rings. The Labute approximate surface area is 300 Å². The Hall–Kier alpha value is -6.43. The summed E-state index contributed by atoms with van der Waals surface area (Å²) in [6.07, 6.45) is 12.0. The molecule has 0 aliphatic carbocycles. The van der Waals surface area contributed by atoms with Gasteiger partial charge in [-0.1, -0.05) is 116 Å². The maximum absolute atomic E-state index is 5.34. The molecule has 0 bridgehead atoms. The lowest BCUT2D eigenvalue weighted by Gasteiger charge is -2.16. The molecule has 3 aromatic heterocycles. The molecule has 1 aliphatic rings. The van der Waals surface area contributed by atoms with Gasteiger partial charge in [0, 0.05) is 39.5 Å². The van der Waals surface area contributed by atoms with Crippen LogP contribution in [-0.2, 0) is 0 Å². The lowest BCUT2D eigenvalue weighted by atomic mass is 9.89. The summed E-state index contributed by atoms with van der Waals surface area (Å²) in [4.78, 5) is 15.5. The summed E-state index contributed by atoms with van der Waals surface area (Å²) >= 11 is 1.74. The molecular formula is C46H32N4S. The van der Waals surface area contributed by atoms with Crippen LogP contribution in [0.5, 0.6) is 0 Å². The number of dihydropyridines is 1. The second-order valence-electron chi connectivity index (χ2n) is 12.5. The molecule has 0 spiro atoms. The highest BCUT2D eigenvalue weighted by molar-refractivity contribution is 7.26. The van der Waals surface area contributed by atoms with Gasteiger partial charge in [0.15, 0.2) is 5.82 Å². The van der Waals surface area contributed by atoms with Crippen molar-refractivity contribution in [2.24, 2.45) is 0 Å². The minimum atomic E-state index is 0.678. The Morgan fingerprint density at radius 3 is 2.20 bits per heavy atom. The third-order valence-electron chi connectivity index (χ3n) is 9.49. The number of pyridine rings is 1. The number of fused-ring (bicyclic) bond motifs is 4. The van der Waals surface area contributed by atoms with Gasteiger partial charge in [-0.2, -0.15) is 0 Å². The molecule has 0 saturated heterocycles. The first-order valence-corrected chi connectivity index (χ1v) is 17.8. The van der Waals surface area contributed by atoms with Crippen LogP contribution in [0.2, 0.25) is 0 Å². The molecule has 51 heavy (non-hydrogen) atoms. The van der Waals surface area contributed by atoms with E-state index in [0.29, 0.717) is 5.82 Å². The van der Waals surface area contributed by atoms with E-state index in [-0.39, 0.29) is 0 Å². The summed E-state index contributed by atoms with van der Waals surface area (Å²) in [6, 6.07) is 40.5. The summed E-state index contributed by atoms with van der Waals surface area (Å²) in [5.74, 6) is 0.678. The molecule has 5 aromatic carbocycles. The van der Waals surface area contributed by atoms with Crippen LogP contribution in [0.25, 0.3) is 93.8 Å². The lowest BCUT2D eigenvalue weighted by Crippen LogP contribution is -2.15. The van der Waals surface area contributed by atoms with Crippen LogP contribution in [0.15, 0.2) is 153 Å². The molecule has 4 heterocycles. The van der Waals surface area contributed by atoms with E-state index in [4.69, 9.17) is 15.0 Å². The van der Waals surface area contributed by atoms with E-state index in [1.54, 1.807) is 11.3 Å². The SMILES string of the molecule is C=Cc1cc(-c2cc(-c3ccc(C4=CC=CCN4)nc3)cc(-c3nc(-c4ccccc4)c4sc5ccccc5c4n3)c2)c2ccccc2c1C=C. The highest BCUT2D eigenvalue weighted by atomic mass is 32.1. The van der Waals surface area contributed by atoms with Crippen molar-refractivity contribution in [3.8, 4) is 44.9 Å². The Kier molecular flexibility index (Phi) is 7.68. The first-order chi connectivity index (χ1) is 25.2. The molecular weight excluding hydrogens is 641 g/mol. The first-order valence-electron chi connectivity index (χ1n) is 17.0. The van der Waals surface area contributed by atoms with E-state index < -0.39 is 0 Å². The minimum absolute atomic E-state index is 0.678. The summed E-state index contributed by atoms with van der Waals surface area (Å²) in [6.45, 7) is 9.08. The van der Waals surface area contributed by atoms with Gasteiger partial charge in [-0.25, -0.2) is 9.97 Å². The molecule has 0 saturated carbocycles. The number of nitrogens with one attached hydrogen (secondary N) is 1. The number of allylic oxidation sites excluding steroid dienone is 2. The highest BCUT2D eigenvalue weighted by Gasteiger charge is 2.19. The average Bonchev–Trinajstić information content (AvgIpc) is 3.59. The van der Waals surface area contributed by atoms with Crippen molar-refractivity contribution in [3.05, 3.63) is 170 Å². The van der Waals surface area contributed by atoms with Gasteiger partial charge in [-0.15, -0.1) is 11.3 Å². The first kappa shape index (κ1) is 30.6. The van der Waals surface area contributed by atoms with Gasteiger partial charge in [-0.05, 0) is 81.1 Å². The Morgan fingerprint density at radius 1 is 0.667 bits per heavy atom. The Bertz CT molecular complexity index is 2720. The zero-order valence-corrected chi connectivity index (χ0v) is 28.6. The van der Waals surface area contributed by atoms with E-state index in [1.807, 2.05) is 24.4 Å². The fraction of sp³-hybridized carbons (Fsp3) is 0.0217. The molecule has 0 amide bonds. The molecule has 0 radical (unpaired) electrons. The maximum atomic E-state index is 5.34. The van der Waals surface area contributed by atoms with Crippen LogP contribution in [0, 0.1) is 0 Å². The number of thiophene rings is 1. The molecule has 4 nitrogen and oxygen atoms in total. The molecule has 1 N–H and O–H groups in total. The van der Waals surface area contributed by atoms with E-state index in [1.165, 1.54) is 4.70 Å². The average molecular weight is 673 g/mol. The van der Waals surface area contributed by atoms with Crippen LogP contribution in [0.3, 0.4) is 0 Å². The number of hydrogen-bond acceptors (Lipinski definition) is 5. The standard InChI is InChI=1S/C46H32N4S/c1-3-29-27-39(37-17-9-8-16-36(37)35(29)4-2)33-24-32(31-21-22-41(48-28-31)40-19-12-13-23-47-40)25-34(26-33)46-49-43(30-14-6-5-7-15-30)45-44(50-46)38-18-10-11-20-42(38)51-45/h3-22,24-28,47H,1-2,23H2. The normalized spacial score (nSPS) is 12.6. The van der Waals surface area contributed by atoms with Crippen molar-refractivity contribution in [3.63, 3.8) is 0 Å². The number of rotatable bonds is 7. The molecule has 5 heteroatoms. The van der Waals surface area contributed by atoms with E-state index in [0.717, 1.165) is 94.5 Å². The zero-order valence-electron chi connectivity index (χ0n) is 27.8. The quantitative estimate of drug-likeness (QED) is 0.183. The third kappa shape index (κ3) is 5.45. The summed E-state index contributed by atoms with van der Waals surface area (Å²) in [7, 11) is 0. The van der Waals surface area contributed by atoms with Gasteiger partial charge in [0.25, 0.3) is 0 Å². The smallest absolute Gasteiger partial charge is 0.160 e. The number of nitrogens with zero attached hydrogens (tertiary/aromatic N) is 3. The van der Waals surface area contributed by atoms with Crippen molar-refractivity contribution in [1.82, 2.24) is 20.3 Å². The second kappa shape index (κ2) is 12.8. The molecule has 9 rings (SSSR count). The van der Waals surface area contributed by atoms with Crippen LogP contribution in [0.4, 0.5) is 0 Å². The van der Waals surface area contributed by atoms with Crippen LogP contribution < -0.4 is 5.32 Å². The van der Waals surface area contributed by atoms with Crippen molar-refractivity contribution in [1.29, 1.82) is 0 Å². The fourth-order valence-electron chi connectivity index (χ4n) is 7.01. The molecule has 0 unspecified atom stereocenters. The predicted molar refractivity (Wildman–Crippen MR) is 217 cm³/mol. The van der Waals surface area contributed by atoms with Crippen molar-refractivity contribution >= 4 is 60.3 Å². The van der Waals surface area contributed by atoms with Gasteiger partial charge in [0.2, 0.25) is 0 Å².